The molecule has 0 spiro atoms. The SMILES string of the molecule is CC(C)Oc1ccc(C(=O)CBr)cc1.CC(C)Oc1ccc(CCBr)cc1. The highest BCUT2D eigenvalue weighted by Gasteiger charge is 2.04. The lowest BCUT2D eigenvalue weighted by atomic mass is 10.1. The van der Waals surface area contributed by atoms with E-state index in [1.54, 1.807) is 12.1 Å². The zero-order valence-electron chi connectivity index (χ0n) is 16.4. The van der Waals surface area contributed by atoms with Gasteiger partial charge in [0, 0.05) is 10.9 Å². The van der Waals surface area contributed by atoms with Crippen LogP contribution >= 0.6 is 31.9 Å². The van der Waals surface area contributed by atoms with Crippen molar-refractivity contribution in [2.75, 3.05) is 10.7 Å². The fourth-order valence-corrected chi connectivity index (χ4v) is 2.97. The van der Waals surface area contributed by atoms with Crippen LogP contribution in [-0.4, -0.2) is 28.7 Å². The maximum Gasteiger partial charge on any atom is 0.173 e. The fourth-order valence-electron chi connectivity index (χ4n) is 2.18. The van der Waals surface area contributed by atoms with Gasteiger partial charge in [0.2, 0.25) is 0 Å². The first kappa shape index (κ1) is 23.7. The van der Waals surface area contributed by atoms with E-state index < -0.39 is 0 Å². The second-order valence-corrected chi connectivity index (χ2v) is 7.85. The molecule has 3 nitrogen and oxygen atoms in total. The predicted molar refractivity (Wildman–Crippen MR) is 120 cm³/mol. The molecule has 0 aromatic heterocycles. The van der Waals surface area contributed by atoms with Gasteiger partial charge in [-0.25, -0.2) is 0 Å². The Morgan fingerprint density at radius 3 is 1.63 bits per heavy atom. The van der Waals surface area contributed by atoms with Crippen molar-refractivity contribution in [1.82, 2.24) is 0 Å². The van der Waals surface area contributed by atoms with Crippen molar-refractivity contribution in [3.8, 4) is 11.5 Å². The Morgan fingerprint density at radius 2 is 1.26 bits per heavy atom. The second-order valence-electron chi connectivity index (χ2n) is 6.50. The average molecular weight is 500 g/mol. The third kappa shape index (κ3) is 9.96. The average Bonchev–Trinajstić information content (AvgIpc) is 2.63. The summed E-state index contributed by atoms with van der Waals surface area (Å²) in [5, 5.41) is 1.37. The fraction of sp³-hybridized carbons (Fsp3) is 0.409. The lowest BCUT2D eigenvalue weighted by Crippen LogP contribution is -2.06. The van der Waals surface area contributed by atoms with Crippen LogP contribution in [0.3, 0.4) is 0 Å². The Hall–Kier alpha value is -1.33. The summed E-state index contributed by atoms with van der Waals surface area (Å²) >= 11 is 6.54. The minimum atomic E-state index is 0.0843. The van der Waals surface area contributed by atoms with E-state index in [4.69, 9.17) is 9.47 Å². The van der Waals surface area contributed by atoms with Crippen molar-refractivity contribution in [3.05, 3.63) is 59.7 Å². The van der Waals surface area contributed by atoms with E-state index in [2.05, 4.69) is 44.0 Å². The van der Waals surface area contributed by atoms with Crippen LogP contribution in [0.15, 0.2) is 48.5 Å². The summed E-state index contributed by atoms with van der Waals surface area (Å²) in [5.74, 6) is 1.83. The highest BCUT2D eigenvalue weighted by Crippen LogP contribution is 2.15. The number of hydrogen-bond donors (Lipinski definition) is 0. The summed E-state index contributed by atoms with van der Waals surface area (Å²) in [6, 6.07) is 15.5. The van der Waals surface area contributed by atoms with E-state index in [9.17, 15) is 4.79 Å². The molecule has 27 heavy (non-hydrogen) atoms. The molecule has 148 valence electrons. The van der Waals surface area contributed by atoms with Gasteiger partial charge in [-0.1, -0.05) is 44.0 Å². The second kappa shape index (κ2) is 12.9. The molecule has 2 aromatic rings. The molecule has 0 atom stereocenters. The standard InChI is InChI=1S/C11H13BrO2.C11H15BrO/c1-8(2)14-10-5-3-9(4-6-10)11(13)7-12;1-9(2)13-11-5-3-10(4-6-11)7-8-12/h3-6,8H,7H2,1-2H3;3-6,9H,7-8H2,1-2H3. The molecule has 5 heteroatoms. The van der Waals surface area contributed by atoms with Crippen LogP contribution in [0, 0.1) is 0 Å². The zero-order valence-corrected chi connectivity index (χ0v) is 19.5. The summed E-state index contributed by atoms with van der Waals surface area (Å²) in [5.41, 5.74) is 2.05. The molecule has 0 fully saturated rings. The summed E-state index contributed by atoms with van der Waals surface area (Å²) in [4.78, 5) is 11.3. The van der Waals surface area contributed by atoms with Gasteiger partial charge in [-0.05, 0) is 76.1 Å². The Bertz CT molecular complexity index is 665. The van der Waals surface area contributed by atoms with Crippen LogP contribution < -0.4 is 9.47 Å². The van der Waals surface area contributed by atoms with E-state index in [1.165, 1.54) is 5.56 Å². The molecule has 0 bridgehead atoms. The van der Waals surface area contributed by atoms with Crippen molar-refractivity contribution >= 4 is 37.6 Å². The van der Waals surface area contributed by atoms with Gasteiger partial charge in [0.1, 0.15) is 11.5 Å². The van der Waals surface area contributed by atoms with Crippen molar-refractivity contribution in [2.45, 2.75) is 46.3 Å². The largest absolute Gasteiger partial charge is 0.491 e. The molecule has 0 aliphatic heterocycles. The van der Waals surface area contributed by atoms with Gasteiger partial charge in [-0.3, -0.25) is 4.79 Å². The van der Waals surface area contributed by atoms with Gasteiger partial charge in [-0.15, -0.1) is 0 Å². The lowest BCUT2D eigenvalue weighted by molar-refractivity contribution is 0.102. The number of carbonyl (C=O) groups is 1. The topological polar surface area (TPSA) is 35.5 Å². The molecule has 2 rings (SSSR count). The number of hydrogen-bond acceptors (Lipinski definition) is 3. The van der Waals surface area contributed by atoms with Crippen LogP contribution in [-0.2, 0) is 6.42 Å². The molecule has 0 radical (unpaired) electrons. The van der Waals surface area contributed by atoms with Crippen molar-refractivity contribution in [1.29, 1.82) is 0 Å². The number of halogens is 2. The molecule has 2 aromatic carbocycles. The van der Waals surface area contributed by atoms with E-state index >= 15 is 0 Å². The van der Waals surface area contributed by atoms with Gasteiger partial charge >= 0.3 is 0 Å². The number of benzene rings is 2. The minimum absolute atomic E-state index is 0.0843. The Kier molecular flexibility index (Phi) is 11.4. The minimum Gasteiger partial charge on any atom is -0.491 e. The Balaban J connectivity index is 0.000000271. The number of rotatable bonds is 8. The maximum absolute atomic E-state index is 11.3. The summed E-state index contributed by atoms with van der Waals surface area (Å²) in [7, 11) is 0. The molecule has 0 unspecified atom stereocenters. The highest BCUT2D eigenvalue weighted by molar-refractivity contribution is 9.09. The summed E-state index contributed by atoms with van der Waals surface area (Å²) < 4.78 is 11.0. The number of ether oxygens (including phenoxy) is 2. The van der Waals surface area contributed by atoms with Gasteiger partial charge in [0.15, 0.2) is 5.78 Å². The van der Waals surface area contributed by atoms with Crippen molar-refractivity contribution < 1.29 is 14.3 Å². The van der Waals surface area contributed by atoms with E-state index in [0.717, 1.165) is 23.2 Å². The zero-order chi connectivity index (χ0) is 20.2. The number of carbonyl (C=O) groups excluding carboxylic acids is 1. The molecule has 0 aliphatic rings. The quantitative estimate of drug-likeness (QED) is 0.308. The lowest BCUT2D eigenvalue weighted by Gasteiger charge is -2.09. The number of alkyl halides is 2. The first-order valence-corrected chi connectivity index (χ1v) is 11.3. The van der Waals surface area contributed by atoms with Crippen LogP contribution in [0.1, 0.15) is 43.6 Å². The van der Waals surface area contributed by atoms with E-state index in [0.29, 0.717) is 10.9 Å². The Labute approximate surface area is 179 Å². The molecule has 0 aliphatic carbocycles. The molecule has 0 heterocycles. The van der Waals surface area contributed by atoms with Gasteiger partial charge < -0.3 is 9.47 Å². The number of aryl methyl sites for hydroxylation is 1. The molecule has 0 N–H and O–H groups in total. The van der Waals surface area contributed by atoms with Crippen molar-refractivity contribution in [3.63, 3.8) is 0 Å². The summed E-state index contributed by atoms with van der Waals surface area (Å²) in [6.07, 6.45) is 1.48. The predicted octanol–water partition coefficient (Wildman–Crippen LogP) is 6.46. The smallest absolute Gasteiger partial charge is 0.173 e. The summed E-state index contributed by atoms with van der Waals surface area (Å²) in [6.45, 7) is 8.01. The molecule has 0 amide bonds. The van der Waals surface area contributed by atoms with Crippen molar-refractivity contribution in [2.24, 2.45) is 0 Å². The first-order valence-electron chi connectivity index (χ1n) is 9.03. The van der Waals surface area contributed by atoms with E-state index in [-0.39, 0.29) is 18.0 Å². The molecule has 0 saturated heterocycles. The third-order valence-corrected chi connectivity index (χ3v) is 4.25. The monoisotopic (exact) mass is 498 g/mol. The normalized spacial score (nSPS) is 10.4. The molecular formula is C22H28Br2O3. The first-order chi connectivity index (χ1) is 12.8. The third-order valence-electron chi connectivity index (χ3n) is 3.35. The van der Waals surface area contributed by atoms with Crippen LogP contribution in [0.4, 0.5) is 0 Å². The van der Waals surface area contributed by atoms with E-state index in [1.807, 2.05) is 52.0 Å². The van der Waals surface area contributed by atoms with Crippen LogP contribution in [0.25, 0.3) is 0 Å². The number of Topliss-reactive ketones (excluding diaryl/α,β-unsaturated/α-hetero) is 1. The Morgan fingerprint density at radius 1 is 0.815 bits per heavy atom. The number of ketones is 1. The molecule has 0 saturated carbocycles. The maximum atomic E-state index is 11.3. The van der Waals surface area contributed by atoms with Gasteiger partial charge in [0.25, 0.3) is 0 Å². The van der Waals surface area contributed by atoms with Gasteiger partial charge in [-0.2, -0.15) is 0 Å². The highest BCUT2D eigenvalue weighted by atomic mass is 79.9. The molecular weight excluding hydrogens is 472 g/mol. The van der Waals surface area contributed by atoms with Crippen LogP contribution in [0.5, 0.6) is 11.5 Å². The van der Waals surface area contributed by atoms with Gasteiger partial charge in [0.05, 0.1) is 17.5 Å². The van der Waals surface area contributed by atoms with Crippen LogP contribution in [0.2, 0.25) is 0 Å².